The number of nitrogens with zero attached hydrogens (tertiary/aromatic N) is 1. The number of nitrogens with two attached hydrogens (primary N) is 1. The third-order valence-electron chi connectivity index (χ3n) is 3.82. The van der Waals surface area contributed by atoms with Crippen LogP contribution < -0.4 is 11.1 Å². The summed E-state index contributed by atoms with van der Waals surface area (Å²) in [5.74, 6) is -0.590. The molecule has 1 aliphatic rings. The fourth-order valence-electron chi connectivity index (χ4n) is 2.58. The molecule has 1 heterocycles. The predicted octanol–water partition coefficient (Wildman–Crippen LogP) is 1.39. The average molecular weight is 289 g/mol. The minimum atomic E-state index is -0.483. The molecular weight excluding hydrogens is 266 g/mol. The lowest BCUT2D eigenvalue weighted by Gasteiger charge is -2.26. The Morgan fingerprint density at radius 2 is 1.67 bits per heavy atom. The number of amides is 2. The van der Waals surface area contributed by atoms with E-state index in [1.54, 1.807) is 24.3 Å². The van der Waals surface area contributed by atoms with Crippen LogP contribution in [0.1, 0.15) is 46.4 Å². The molecule has 0 aromatic heterocycles. The van der Waals surface area contributed by atoms with Crippen molar-refractivity contribution in [3.8, 4) is 0 Å². The summed E-state index contributed by atoms with van der Waals surface area (Å²) in [5, 5.41) is 2.91. The lowest BCUT2D eigenvalue weighted by Crippen LogP contribution is -2.33. The SMILES string of the molecule is NC(=O)c1ccc(C(=O)NCCCN2CCCCC2)cc1. The molecule has 1 aromatic rings. The third-order valence-corrected chi connectivity index (χ3v) is 3.82. The average Bonchev–Trinajstić information content (AvgIpc) is 2.52. The second-order valence-corrected chi connectivity index (χ2v) is 5.45. The minimum absolute atomic E-state index is 0.107. The van der Waals surface area contributed by atoms with Gasteiger partial charge >= 0.3 is 0 Å². The molecule has 114 valence electrons. The van der Waals surface area contributed by atoms with Crippen molar-refractivity contribution < 1.29 is 9.59 Å². The fraction of sp³-hybridized carbons (Fsp3) is 0.500. The molecule has 0 aliphatic carbocycles. The lowest BCUT2D eigenvalue weighted by atomic mass is 10.1. The normalized spacial score (nSPS) is 15.6. The summed E-state index contributed by atoms with van der Waals surface area (Å²) in [6, 6.07) is 6.40. The van der Waals surface area contributed by atoms with Crippen LogP contribution in [0.15, 0.2) is 24.3 Å². The van der Waals surface area contributed by atoms with Crippen LogP contribution in [-0.2, 0) is 0 Å². The van der Waals surface area contributed by atoms with E-state index in [0.29, 0.717) is 17.7 Å². The molecule has 1 saturated heterocycles. The molecule has 0 atom stereocenters. The topological polar surface area (TPSA) is 75.4 Å². The summed E-state index contributed by atoms with van der Waals surface area (Å²) in [5.41, 5.74) is 6.13. The summed E-state index contributed by atoms with van der Waals surface area (Å²) in [6.07, 6.45) is 4.89. The van der Waals surface area contributed by atoms with Gasteiger partial charge in [-0.15, -0.1) is 0 Å². The van der Waals surface area contributed by atoms with E-state index < -0.39 is 5.91 Å². The van der Waals surface area contributed by atoms with Crippen molar-refractivity contribution >= 4 is 11.8 Å². The maximum Gasteiger partial charge on any atom is 0.251 e. The summed E-state index contributed by atoms with van der Waals surface area (Å²) in [7, 11) is 0. The Bertz CT molecular complexity index is 479. The van der Waals surface area contributed by atoms with Crippen molar-refractivity contribution in [1.82, 2.24) is 10.2 Å². The number of rotatable bonds is 6. The smallest absolute Gasteiger partial charge is 0.251 e. The van der Waals surface area contributed by atoms with E-state index >= 15 is 0 Å². The van der Waals surface area contributed by atoms with Gasteiger partial charge in [0.15, 0.2) is 0 Å². The van der Waals surface area contributed by atoms with Gasteiger partial charge in [-0.2, -0.15) is 0 Å². The summed E-state index contributed by atoms with van der Waals surface area (Å²) in [6.45, 7) is 4.08. The molecule has 1 aromatic carbocycles. The number of likely N-dealkylation sites (tertiary alicyclic amines) is 1. The van der Waals surface area contributed by atoms with Crippen LogP contribution in [0.4, 0.5) is 0 Å². The summed E-state index contributed by atoms with van der Waals surface area (Å²) < 4.78 is 0. The highest BCUT2D eigenvalue weighted by molar-refractivity contribution is 5.97. The third kappa shape index (κ3) is 4.86. The van der Waals surface area contributed by atoms with Crippen molar-refractivity contribution in [1.29, 1.82) is 0 Å². The molecule has 5 nitrogen and oxygen atoms in total. The van der Waals surface area contributed by atoms with Gasteiger partial charge in [-0.05, 0) is 63.2 Å². The molecule has 0 radical (unpaired) electrons. The Morgan fingerprint density at radius 3 is 2.29 bits per heavy atom. The molecule has 5 heteroatoms. The molecule has 2 rings (SSSR count). The fourth-order valence-corrected chi connectivity index (χ4v) is 2.58. The highest BCUT2D eigenvalue weighted by Crippen LogP contribution is 2.08. The molecule has 1 aliphatic heterocycles. The van der Waals surface area contributed by atoms with Crippen LogP contribution in [0, 0.1) is 0 Å². The van der Waals surface area contributed by atoms with E-state index in [0.717, 1.165) is 13.0 Å². The molecule has 0 saturated carbocycles. The van der Waals surface area contributed by atoms with Crippen molar-refractivity contribution in [2.75, 3.05) is 26.2 Å². The zero-order chi connectivity index (χ0) is 15.1. The molecule has 21 heavy (non-hydrogen) atoms. The number of benzene rings is 1. The van der Waals surface area contributed by atoms with E-state index in [1.165, 1.54) is 32.4 Å². The van der Waals surface area contributed by atoms with Crippen LogP contribution >= 0.6 is 0 Å². The van der Waals surface area contributed by atoms with Gasteiger partial charge in [0, 0.05) is 17.7 Å². The number of carbonyl (C=O) groups is 2. The molecule has 0 unspecified atom stereocenters. The van der Waals surface area contributed by atoms with Crippen LogP contribution in [0.2, 0.25) is 0 Å². The zero-order valence-corrected chi connectivity index (χ0v) is 12.3. The van der Waals surface area contributed by atoms with Crippen LogP contribution in [0.5, 0.6) is 0 Å². The number of piperidine rings is 1. The van der Waals surface area contributed by atoms with Crippen LogP contribution in [-0.4, -0.2) is 42.9 Å². The first-order valence-electron chi connectivity index (χ1n) is 7.57. The highest BCUT2D eigenvalue weighted by Gasteiger charge is 2.10. The van der Waals surface area contributed by atoms with Gasteiger partial charge in [-0.1, -0.05) is 6.42 Å². The highest BCUT2D eigenvalue weighted by atomic mass is 16.2. The molecule has 1 fully saturated rings. The van der Waals surface area contributed by atoms with Gasteiger partial charge < -0.3 is 16.0 Å². The van der Waals surface area contributed by atoms with Crippen molar-refractivity contribution in [3.63, 3.8) is 0 Å². The van der Waals surface area contributed by atoms with E-state index in [4.69, 9.17) is 5.73 Å². The first-order chi connectivity index (χ1) is 10.2. The Hall–Kier alpha value is -1.88. The van der Waals surface area contributed by atoms with E-state index in [2.05, 4.69) is 10.2 Å². The predicted molar refractivity (Wildman–Crippen MR) is 82.2 cm³/mol. The van der Waals surface area contributed by atoms with Gasteiger partial charge in [0.2, 0.25) is 5.91 Å². The molecule has 0 spiro atoms. The van der Waals surface area contributed by atoms with Gasteiger partial charge in [0.1, 0.15) is 0 Å². The second-order valence-electron chi connectivity index (χ2n) is 5.45. The maximum atomic E-state index is 11.9. The monoisotopic (exact) mass is 289 g/mol. The Labute approximate surface area is 125 Å². The first-order valence-corrected chi connectivity index (χ1v) is 7.57. The van der Waals surface area contributed by atoms with Crippen LogP contribution in [0.25, 0.3) is 0 Å². The van der Waals surface area contributed by atoms with E-state index in [-0.39, 0.29) is 5.91 Å². The second kappa shape index (κ2) is 7.78. The summed E-state index contributed by atoms with van der Waals surface area (Å²) in [4.78, 5) is 25.4. The Balaban J connectivity index is 1.70. The van der Waals surface area contributed by atoms with Gasteiger partial charge in [0.25, 0.3) is 5.91 Å². The minimum Gasteiger partial charge on any atom is -0.366 e. The molecule has 2 amide bonds. The van der Waals surface area contributed by atoms with Crippen molar-refractivity contribution in [3.05, 3.63) is 35.4 Å². The molecular formula is C16H23N3O2. The van der Waals surface area contributed by atoms with Gasteiger partial charge in [-0.25, -0.2) is 0 Å². The quantitative estimate of drug-likeness (QED) is 0.777. The standard InChI is InChI=1S/C16H23N3O2/c17-15(20)13-5-7-14(8-6-13)16(21)18-9-4-12-19-10-2-1-3-11-19/h5-8H,1-4,9-12H2,(H2,17,20)(H,18,21). The number of hydrogen-bond acceptors (Lipinski definition) is 3. The van der Waals surface area contributed by atoms with Gasteiger partial charge in [-0.3, -0.25) is 9.59 Å². The first kappa shape index (κ1) is 15.5. The lowest BCUT2D eigenvalue weighted by molar-refractivity contribution is 0.0948. The number of carbonyl (C=O) groups excluding carboxylic acids is 2. The molecule has 0 bridgehead atoms. The summed E-state index contributed by atoms with van der Waals surface area (Å²) >= 11 is 0. The van der Waals surface area contributed by atoms with Gasteiger partial charge in [0.05, 0.1) is 0 Å². The molecule has 3 N–H and O–H groups in total. The number of hydrogen-bond donors (Lipinski definition) is 2. The maximum absolute atomic E-state index is 11.9. The van der Waals surface area contributed by atoms with Crippen molar-refractivity contribution in [2.45, 2.75) is 25.7 Å². The Morgan fingerprint density at radius 1 is 1.05 bits per heavy atom. The van der Waals surface area contributed by atoms with E-state index in [1.807, 2.05) is 0 Å². The zero-order valence-electron chi connectivity index (χ0n) is 12.3. The Kier molecular flexibility index (Phi) is 5.75. The number of nitrogens with one attached hydrogen (secondary N) is 1. The van der Waals surface area contributed by atoms with Crippen molar-refractivity contribution in [2.24, 2.45) is 5.73 Å². The largest absolute Gasteiger partial charge is 0.366 e. The number of primary amides is 1. The van der Waals surface area contributed by atoms with Crippen LogP contribution in [0.3, 0.4) is 0 Å². The van der Waals surface area contributed by atoms with E-state index in [9.17, 15) is 9.59 Å².